The second-order valence-electron chi connectivity index (χ2n) is 5.42. The molecule has 3 aromatic rings. The predicted molar refractivity (Wildman–Crippen MR) is 84.7 cm³/mol. The number of aromatic nitrogens is 4. The summed E-state index contributed by atoms with van der Waals surface area (Å²) >= 11 is 0. The molecule has 1 amide bonds. The van der Waals surface area contributed by atoms with Gasteiger partial charge in [-0.2, -0.15) is 5.10 Å². The lowest BCUT2D eigenvalue weighted by Gasteiger charge is -2.02. The molecule has 0 aliphatic heterocycles. The van der Waals surface area contributed by atoms with Gasteiger partial charge in [0.05, 0.1) is 12.1 Å². The Balaban J connectivity index is 1.69. The van der Waals surface area contributed by atoms with Crippen LogP contribution >= 0.6 is 0 Å². The minimum Gasteiger partial charge on any atom is -0.401 e. The number of carbonyl (C=O) groups is 1. The molecule has 1 N–H and O–H groups in total. The van der Waals surface area contributed by atoms with Crippen LogP contribution < -0.4 is 5.32 Å². The van der Waals surface area contributed by atoms with Crippen molar-refractivity contribution in [1.82, 2.24) is 20.0 Å². The molecular weight excluding hydrogens is 294 g/mol. The molecule has 2 aromatic heterocycles. The summed E-state index contributed by atoms with van der Waals surface area (Å²) in [7, 11) is 1.79. The molecule has 1 aromatic carbocycles. The van der Waals surface area contributed by atoms with Gasteiger partial charge in [0.1, 0.15) is 5.69 Å². The highest BCUT2D eigenvalue weighted by atomic mass is 16.4. The lowest BCUT2D eigenvalue weighted by atomic mass is 10.1. The number of amides is 1. The van der Waals surface area contributed by atoms with Crippen molar-refractivity contribution >= 4 is 11.9 Å². The third kappa shape index (κ3) is 3.45. The lowest BCUT2D eigenvalue weighted by molar-refractivity contribution is -0.115. The van der Waals surface area contributed by atoms with Gasteiger partial charge in [-0.15, -0.1) is 5.10 Å². The summed E-state index contributed by atoms with van der Waals surface area (Å²) in [6.07, 6.45) is 0.254. The van der Waals surface area contributed by atoms with Crippen LogP contribution in [0.3, 0.4) is 0 Å². The molecule has 23 heavy (non-hydrogen) atoms. The van der Waals surface area contributed by atoms with Crippen molar-refractivity contribution in [2.24, 2.45) is 7.05 Å². The highest BCUT2D eigenvalue weighted by Gasteiger charge is 2.15. The molecule has 0 spiro atoms. The van der Waals surface area contributed by atoms with E-state index in [0.717, 1.165) is 16.8 Å². The monoisotopic (exact) mass is 311 g/mol. The highest BCUT2D eigenvalue weighted by molar-refractivity contribution is 5.90. The van der Waals surface area contributed by atoms with E-state index in [-0.39, 0.29) is 18.3 Å². The van der Waals surface area contributed by atoms with E-state index in [0.29, 0.717) is 11.6 Å². The van der Waals surface area contributed by atoms with Gasteiger partial charge in [-0.3, -0.25) is 14.8 Å². The fourth-order valence-corrected chi connectivity index (χ4v) is 2.36. The van der Waals surface area contributed by atoms with Gasteiger partial charge in [0.2, 0.25) is 5.91 Å². The minimum atomic E-state index is -0.202. The van der Waals surface area contributed by atoms with Crippen LogP contribution in [0.1, 0.15) is 16.8 Å². The smallest absolute Gasteiger partial charge is 0.322 e. The highest BCUT2D eigenvalue weighted by Crippen LogP contribution is 2.20. The number of benzene rings is 1. The molecular formula is C16H17N5O2. The van der Waals surface area contributed by atoms with Crippen molar-refractivity contribution in [1.29, 1.82) is 0 Å². The standard InChI is InChI=1S/C16H17N5O2/c1-10-5-4-6-12(7-10)9-14(22)17-16-19-18-15(23-16)13-8-11(2)20-21(13)3/h4-8H,9H2,1-3H3,(H,17,19,22). The molecule has 0 bridgehead atoms. The number of anilines is 1. The average Bonchev–Trinajstić information content (AvgIpc) is 3.05. The van der Waals surface area contributed by atoms with E-state index in [1.807, 2.05) is 44.2 Å². The Morgan fingerprint density at radius 2 is 2.09 bits per heavy atom. The molecule has 0 fully saturated rings. The van der Waals surface area contributed by atoms with Crippen LogP contribution in [0.15, 0.2) is 34.7 Å². The van der Waals surface area contributed by atoms with E-state index in [1.54, 1.807) is 11.7 Å². The summed E-state index contributed by atoms with van der Waals surface area (Å²) < 4.78 is 7.13. The van der Waals surface area contributed by atoms with E-state index >= 15 is 0 Å². The Morgan fingerprint density at radius 1 is 1.26 bits per heavy atom. The van der Waals surface area contributed by atoms with Crippen LogP contribution in [0, 0.1) is 13.8 Å². The quantitative estimate of drug-likeness (QED) is 0.799. The predicted octanol–water partition coefficient (Wildman–Crippen LogP) is 2.27. The van der Waals surface area contributed by atoms with Crippen LogP contribution in [0.5, 0.6) is 0 Å². The second-order valence-corrected chi connectivity index (χ2v) is 5.42. The summed E-state index contributed by atoms with van der Waals surface area (Å²) in [6.45, 7) is 3.87. The first-order chi connectivity index (χ1) is 11.0. The molecule has 7 heteroatoms. The first-order valence-electron chi connectivity index (χ1n) is 7.21. The number of nitrogens with one attached hydrogen (secondary N) is 1. The molecule has 7 nitrogen and oxygen atoms in total. The third-order valence-electron chi connectivity index (χ3n) is 3.34. The molecule has 0 aliphatic rings. The molecule has 0 atom stereocenters. The summed E-state index contributed by atoms with van der Waals surface area (Å²) in [6, 6.07) is 9.71. The number of hydrogen-bond donors (Lipinski definition) is 1. The van der Waals surface area contributed by atoms with E-state index in [4.69, 9.17) is 4.42 Å². The van der Waals surface area contributed by atoms with E-state index in [2.05, 4.69) is 20.6 Å². The maximum absolute atomic E-state index is 12.1. The minimum absolute atomic E-state index is 0.0801. The SMILES string of the molecule is Cc1cccc(CC(=O)Nc2nnc(-c3cc(C)nn3C)o2)c1. The van der Waals surface area contributed by atoms with E-state index in [9.17, 15) is 4.79 Å². The Kier molecular flexibility index (Phi) is 3.92. The van der Waals surface area contributed by atoms with Gasteiger partial charge in [-0.1, -0.05) is 34.9 Å². The molecule has 0 unspecified atom stereocenters. The van der Waals surface area contributed by atoms with Gasteiger partial charge in [-0.05, 0) is 25.5 Å². The summed E-state index contributed by atoms with van der Waals surface area (Å²) in [5.41, 5.74) is 3.60. The summed E-state index contributed by atoms with van der Waals surface area (Å²) in [4.78, 5) is 12.1. The van der Waals surface area contributed by atoms with Crippen LogP contribution in [-0.2, 0) is 18.3 Å². The molecule has 0 aliphatic carbocycles. The number of nitrogens with zero attached hydrogens (tertiary/aromatic N) is 4. The number of carbonyl (C=O) groups excluding carboxylic acids is 1. The van der Waals surface area contributed by atoms with E-state index in [1.165, 1.54) is 0 Å². The van der Waals surface area contributed by atoms with Crippen LogP contribution in [0.2, 0.25) is 0 Å². The van der Waals surface area contributed by atoms with Crippen molar-refractivity contribution in [3.8, 4) is 11.6 Å². The average molecular weight is 311 g/mol. The Bertz CT molecular complexity index is 850. The fraction of sp³-hybridized carbons (Fsp3) is 0.250. The summed E-state index contributed by atoms with van der Waals surface area (Å²) in [5, 5.41) is 14.6. The molecule has 118 valence electrons. The Labute approximate surface area is 133 Å². The molecule has 2 heterocycles. The first kappa shape index (κ1) is 15.0. The van der Waals surface area contributed by atoms with Gasteiger partial charge < -0.3 is 4.42 Å². The lowest BCUT2D eigenvalue weighted by Crippen LogP contribution is -2.14. The molecule has 0 saturated carbocycles. The topological polar surface area (TPSA) is 85.8 Å². The normalized spacial score (nSPS) is 10.7. The third-order valence-corrected chi connectivity index (χ3v) is 3.34. The van der Waals surface area contributed by atoms with Crippen molar-refractivity contribution in [3.05, 3.63) is 47.2 Å². The van der Waals surface area contributed by atoms with Crippen LogP contribution in [0.25, 0.3) is 11.6 Å². The summed E-state index contributed by atoms with van der Waals surface area (Å²) in [5.74, 6) is 0.117. The number of rotatable bonds is 4. The van der Waals surface area contributed by atoms with Gasteiger partial charge >= 0.3 is 6.01 Å². The molecule has 0 saturated heterocycles. The maximum atomic E-state index is 12.1. The van der Waals surface area contributed by atoms with Gasteiger partial charge in [0.25, 0.3) is 5.89 Å². The van der Waals surface area contributed by atoms with Gasteiger partial charge in [0, 0.05) is 7.05 Å². The van der Waals surface area contributed by atoms with Gasteiger partial charge in [-0.25, -0.2) is 0 Å². The van der Waals surface area contributed by atoms with Crippen molar-refractivity contribution < 1.29 is 9.21 Å². The molecule has 0 radical (unpaired) electrons. The zero-order valence-electron chi connectivity index (χ0n) is 13.2. The van der Waals surface area contributed by atoms with Crippen molar-refractivity contribution in [2.75, 3.05) is 5.32 Å². The number of aryl methyl sites for hydroxylation is 3. The zero-order chi connectivity index (χ0) is 16.4. The zero-order valence-corrected chi connectivity index (χ0v) is 13.2. The molecule has 3 rings (SSSR count). The fourth-order valence-electron chi connectivity index (χ4n) is 2.36. The Morgan fingerprint density at radius 3 is 2.78 bits per heavy atom. The van der Waals surface area contributed by atoms with E-state index < -0.39 is 0 Å². The van der Waals surface area contributed by atoms with Crippen LogP contribution in [-0.4, -0.2) is 25.9 Å². The van der Waals surface area contributed by atoms with Crippen molar-refractivity contribution in [2.45, 2.75) is 20.3 Å². The van der Waals surface area contributed by atoms with Gasteiger partial charge in [0.15, 0.2) is 0 Å². The largest absolute Gasteiger partial charge is 0.401 e. The first-order valence-corrected chi connectivity index (χ1v) is 7.21. The number of hydrogen-bond acceptors (Lipinski definition) is 5. The Hall–Kier alpha value is -2.96. The maximum Gasteiger partial charge on any atom is 0.322 e. The second kappa shape index (κ2) is 6.04. The van der Waals surface area contributed by atoms with Crippen molar-refractivity contribution in [3.63, 3.8) is 0 Å². The van der Waals surface area contributed by atoms with Crippen LogP contribution in [0.4, 0.5) is 6.01 Å².